The van der Waals surface area contributed by atoms with E-state index in [-0.39, 0.29) is 0 Å². The van der Waals surface area contributed by atoms with E-state index in [9.17, 15) is 5.11 Å². The summed E-state index contributed by atoms with van der Waals surface area (Å²) >= 11 is 0. The van der Waals surface area contributed by atoms with Gasteiger partial charge in [-0.25, -0.2) is 0 Å². The summed E-state index contributed by atoms with van der Waals surface area (Å²) in [5.74, 6) is 0. The second-order valence-corrected chi connectivity index (χ2v) is 3.78. The van der Waals surface area contributed by atoms with Crippen LogP contribution in [0, 0.1) is 0 Å². The molecule has 1 unspecified atom stereocenters. The lowest BCUT2D eigenvalue weighted by atomic mass is 9.97. The van der Waals surface area contributed by atoms with Gasteiger partial charge in [-0.3, -0.25) is 0 Å². The van der Waals surface area contributed by atoms with E-state index >= 15 is 0 Å². The molecule has 0 aliphatic carbocycles. The Kier molecular flexibility index (Phi) is 5.13. The largest absolute Gasteiger partial charge is 0.384 e. The van der Waals surface area contributed by atoms with Gasteiger partial charge in [-0.05, 0) is 30.9 Å². The Morgan fingerprint density at radius 1 is 1.33 bits per heavy atom. The van der Waals surface area contributed by atoms with Crippen LogP contribution in [0.25, 0.3) is 0 Å². The minimum absolute atomic E-state index is 0.428. The molecule has 1 nitrogen and oxygen atoms in total. The van der Waals surface area contributed by atoms with E-state index in [1.54, 1.807) is 0 Å². The van der Waals surface area contributed by atoms with Gasteiger partial charge in [-0.15, -0.1) is 0 Å². The Morgan fingerprint density at radius 3 is 2.53 bits per heavy atom. The molecule has 0 radical (unpaired) electrons. The molecule has 1 N–H and O–H groups in total. The fourth-order valence-electron chi connectivity index (χ4n) is 1.67. The number of aliphatic hydroxyl groups excluding tert-OH is 1. The van der Waals surface area contributed by atoms with Crippen LogP contribution in [0.1, 0.15) is 44.8 Å². The van der Waals surface area contributed by atoms with Crippen molar-refractivity contribution in [3.05, 3.63) is 47.5 Å². The predicted octanol–water partition coefficient (Wildman–Crippen LogP) is 3.86. The van der Waals surface area contributed by atoms with Crippen LogP contribution in [0.15, 0.2) is 42.0 Å². The first-order valence-electron chi connectivity index (χ1n) is 5.67. The minimum atomic E-state index is -0.428. The van der Waals surface area contributed by atoms with E-state index in [0.29, 0.717) is 0 Å². The third-order valence-electron chi connectivity index (χ3n) is 2.66. The summed E-state index contributed by atoms with van der Waals surface area (Å²) in [6.07, 6.45) is 4.90. The number of hydrogen-bond acceptors (Lipinski definition) is 1. The highest BCUT2D eigenvalue weighted by molar-refractivity contribution is 5.25. The second-order valence-electron chi connectivity index (χ2n) is 3.78. The summed E-state index contributed by atoms with van der Waals surface area (Å²) in [7, 11) is 0. The molecule has 0 aliphatic rings. The monoisotopic (exact) mass is 204 g/mol. The lowest BCUT2D eigenvalue weighted by Gasteiger charge is -2.14. The summed E-state index contributed by atoms with van der Waals surface area (Å²) in [5.41, 5.74) is 2.12. The van der Waals surface area contributed by atoms with Gasteiger partial charge >= 0.3 is 0 Å². The smallest absolute Gasteiger partial charge is 0.100 e. The molecule has 0 amide bonds. The van der Waals surface area contributed by atoms with Gasteiger partial charge in [0.1, 0.15) is 6.10 Å². The number of rotatable bonds is 5. The normalized spacial score (nSPS) is 13.9. The highest BCUT2D eigenvalue weighted by atomic mass is 16.3. The van der Waals surface area contributed by atoms with Crippen molar-refractivity contribution in [1.29, 1.82) is 0 Å². The molecule has 0 aromatic heterocycles. The van der Waals surface area contributed by atoms with Crippen molar-refractivity contribution in [3.8, 4) is 0 Å². The minimum Gasteiger partial charge on any atom is -0.384 e. The molecule has 82 valence electrons. The molecule has 1 atom stereocenters. The molecule has 0 heterocycles. The molecule has 0 aliphatic heterocycles. The lowest BCUT2D eigenvalue weighted by molar-refractivity contribution is 0.210. The van der Waals surface area contributed by atoms with Crippen molar-refractivity contribution < 1.29 is 5.11 Å². The van der Waals surface area contributed by atoms with E-state index in [0.717, 1.165) is 24.0 Å². The Hall–Kier alpha value is -1.08. The van der Waals surface area contributed by atoms with E-state index in [2.05, 4.69) is 6.92 Å². The zero-order valence-electron chi connectivity index (χ0n) is 9.61. The van der Waals surface area contributed by atoms with Crippen molar-refractivity contribution in [2.45, 2.75) is 39.2 Å². The van der Waals surface area contributed by atoms with Crippen molar-refractivity contribution in [3.63, 3.8) is 0 Å². The van der Waals surface area contributed by atoms with Crippen LogP contribution < -0.4 is 0 Å². The number of allylic oxidation sites excluding steroid dienone is 1. The zero-order valence-corrected chi connectivity index (χ0v) is 9.61. The third-order valence-corrected chi connectivity index (χ3v) is 2.66. The van der Waals surface area contributed by atoms with Gasteiger partial charge in [0, 0.05) is 0 Å². The van der Waals surface area contributed by atoms with E-state index in [1.807, 2.05) is 43.3 Å². The van der Waals surface area contributed by atoms with Gasteiger partial charge < -0.3 is 5.11 Å². The molecule has 1 heteroatoms. The SMILES string of the molecule is C/C=C(\CCCC)C(O)c1ccccc1. The van der Waals surface area contributed by atoms with Gasteiger partial charge in [0.15, 0.2) is 0 Å². The molecular formula is C14H20O. The number of hydrogen-bond donors (Lipinski definition) is 1. The topological polar surface area (TPSA) is 20.2 Å². The van der Waals surface area contributed by atoms with Crippen LogP contribution in [0.2, 0.25) is 0 Å². The van der Waals surface area contributed by atoms with Crippen molar-refractivity contribution in [2.75, 3.05) is 0 Å². The van der Waals surface area contributed by atoms with Crippen LogP contribution in [0.4, 0.5) is 0 Å². The molecule has 0 saturated carbocycles. The van der Waals surface area contributed by atoms with E-state index in [1.165, 1.54) is 6.42 Å². The third kappa shape index (κ3) is 3.52. The van der Waals surface area contributed by atoms with Crippen LogP contribution in [0.3, 0.4) is 0 Å². The molecule has 1 rings (SSSR count). The lowest BCUT2D eigenvalue weighted by Crippen LogP contribution is -2.01. The van der Waals surface area contributed by atoms with Crippen LogP contribution in [-0.2, 0) is 0 Å². The van der Waals surface area contributed by atoms with Gasteiger partial charge in [0.05, 0.1) is 0 Å². The number of benzene rings is 1. The van der Waals surface area contributed by atoms with E-state index < -0.39 is 6.10 Å². The first kappa shape index (κ1) is 12.0. The van der Waals surface area contributed by atoms with E-state index in [4.69, 9.17) is 0 Å². The average Bonchev–Trinajstić information content (AvgIpc) is 2.31. The summed E-state index contributed by atoms with van der Waals surface area (Å²) in [6.45, 7) is 4.17. The maximum absolute atomic E-state index is 10.1. The Labute approximate surface area is 92.5 Å². The van der Waals surface area contributed by atoms with Gasteiger partial charge in [-0.1, -0.05) is 49.8 Å². The maximum atomic E-state index is 10.1. The summed E-state index contributed by atoms with van der Waals surface area (Å²) < 4.78 is 0. The Bertz CT molecular complexity index is 300. The predicted molar refractivity (Wildman–Crippen MR) is 64.7 cm³/mol. The maximum Gasteiger partial charge on any atom is 0.100 e. The van der Waals surface area contributed by atoms with Crippen LogP contribution >= 0.6 is 0 Å². The van der Waals surface area contributed by atoms with Crippen molar-refractivity contribution >= 4 is 0 Å². The van der Waals surface area contributed by atoms with Crippen molar-refractivity contribution in [1.82, 2.24) is 0 Å². The Morgan fingerprint density at radius 2 is 2.00 bits per heavy atom. The number of aliphatic hydroxyl groups is 1. The molecular weight excluding hydrogens is 184 g/mol. The highest BCUT2D eigenvalue weighted by Crippen LogP contribution is 2.25. The standard InChI is InChI=1S/C14H20O/c1-3-5-9-12(4-2)14(15)13-10-7-6-8-11-13/h4,6-8,10-11,14-15H,3,5,9H2,1-2H3/b12-4+. The average molecular weight is 204 g/mol. The first-order chi connectivity index (χ1) is 7.29. The molecule has 1 aromatic rings. The Balaban J connectivity index is 2.70. The fourth-order valence-corrected chi connectivity index (χ4v) is 1.67. The summed E-state index contributed by atoms with van der Waals surface area (Å²) in [5, 5.41) is 10.1. The molecule has 0 fully saturated rings. The van der Waals surface area contributed by atoms with Gasteiger partial charge in [-0.2, -0.15) is 0 Å². The van der Waals surface area contributed by atoms with Gasteiger partial charge in [0.25, 0.3) is 0 Å². The number of unbranched alkanes of at least 4 members (excludes halogenated alkanes) is 1. The summed E-state index contributed by atoms with van der Waals surface area (Å²) in [4.78, 5) is 0. The molecule has 0 saturated heterocycles. The zero-order chi connectivity index (χ0) is 11.1. The molecule has 0 spiro atoms. The van der Waals surface area contributed by atoms with Crippen LogP contribution in [-0.4, -0.2) is 5.11 Å². The molecule has 15 heavy (non-hydrogen) atoms. The van der Waals surface area contributed by atoms with Crippen molar-refractivity contribution in [2.24, 2.45) is 0 Å². The fraction of sp³-hybridized carbons (Fsp3) is 0.429. The van der Waals surface area contributed by atoms with Crippen LogP contribution in [0.5, 0.6) is 0 Å². The summed E-state index contributed by atoms with van der Waals surface area (Å²) in [6, 6.07) is 9.84. The first-order valence-corrected chi connectivity index (χ1v) is 5.67. The second kappa shape index (κ2) is 6.41. The molecule has 1 aromatic carbocycles. The quantitative estimate of drug-likeness (QED) is 0.722. The highest BCUT2D eigenvalue weighted by Gasteiger charge is 2.11. The molecule has 0 bridgehead atoms. The van der Waals surface area contributed by atoms with Gasteiger partial charge in [0.2, 0.25) is 0 Å².